The number of primary sulfonamides is 1. The van der Waals surface area contributed by atoms with Crippen molar-refractivity contribution in [3.8, 4) is 5.75 Å². The highest BCUT2D eigenvalue weighted by Gasteiger charge is 2.17. The van der Waals surface area contributed by atoms with E-state index in [4.69, 9.17) is 33.1 Å². The van der Waals surface area contributed by atoms with Crippen molar-refractivity contribution in [2.75, 3.05) is 0 Å². The van der Waals surface area contributed by atoms with Gasteiger partial charge in [-0.3, -0.25) is 0 Å². The van der Waals surface area contributed by atoms with Gasteiger partial charge in [-0.05, 0) is 6.07 Å². The molecule has 0 spiro atoms. The highest BCUT2D eigenvalue weighted by molar-refractivity contribution is 7.89. The van der Waals surface area contributed by atoms with Gasteiger partial charge in [0.15, 0.2) is 6.61 Å². The van der Waals surface area contributed by atoms with Gasteiger partial charge >= 0.3 is 0 Å². The van der Waals surface area contributed by atoms with Crippen LogP contribution in [0.25, 0.3) is 0 Å². The fourth-order valence-electron chi connectivity index (χ4n) is 1.24. The molecule has 0 aliphatic rings. The van der Waals surface area contributed by atoms with Crippen molar-refractivity contribution >= 4 is 33.2 Å². The third-order valence-corrected chi connectivity index (χ3v) is 3.73. The summed E-state index contributed by atoms with van der Waals surface area (Å²) in [6.45, 7) is 0.00126. The van der Waals surface area contributed by atoms with Gasteiger partial charge in [0.1, 0.15) is 10.6 Å². The Morgan fingerprint density at radius 3 is 2.63 bits per heavy atom. The highest BCUT2D eigenvalue weighted by atomic mass is 35.5. The number of nitrogens with two attached hydrogens (primary N) is 1. The Bertz CT molecular complexity index is 688. The van der Waals surface area contributed by atoms with Crippen molar-refractivity contribution in [2.45, 2.75) is 11.5 Å². The number of aromatic nitrogens is 2. The molecule has 7 nitrogen and oxygen atoms in total. The molecule has 0 aliphatic heterocycles. The van der Waals surface area contributed by atoms with E-state index in [9.17, 15) is 8.42 Å². The molecule has 10 heteroatoms. The lowest BCUT2D eigenvalue weighted by atomic mass is 10.3. The van der Waals surface area contributed by atoms with Crippen LogP contribution >= 0.6 is 23.2 Å². The van der Waals surface area contributed by atoms with Crippen LogP contribution in [-0.4, -0.2) is 18.6 Å². The van der Waals surface area contributed by atoms with Crippen LogP contribution in [0, 0.1) is 0 Å². The number of benzene rings is 1. The molecular formula is C9H7Cl2N3O4S. The van der Waals surface area contributed by atoms with Gasteiger partial charge in [0.25, 0.3) is 0 Å². The zero-order chi connectivity index (χ0) is 14.0. The van der Waals surface area contributed by atoms with Crippen molar-refractivity contribution < 1.29 is 17.7 Å². The van der Waals surface area contributed by atoms with Gasteiger partial charge in [0.2, 0.25) is 22.2 Å². The summed E-state index contributed by atoms with van der Waals surface area (Å²) < 4.78 is 32.3. The van der Waals surface area contributed by atoms with Crippen molar-refractivity contribution in [1.82, 2.24) is 10.1 Å². The summed E-state index contributed by atoms with van der Waals surface area (Å²) in [5, 5.41) is 8.49. The average Bonchev–Trinajstić information content (AvgIpc) is 2.81. The summed E-state index contributed by atoms with van der Waals surface area (Å²) in [4.78, 5) is 3.47. The van der Waals surface area contributed by atoms with Crippen LogP contribution in [0.4, 0.5) is 0 Å². The van der Waals surface area contributed by atoms with Crippen LogP contribution in [0.1, 0.15) is 5.82 Å². The molecule has 0 fully saturated rings. The fraction of sp³-hybridized carbons (Fsp3) is 0.111. The number of hydrogen-bond donors (Lipinski definition) is 1. The zero-order valence-electron chi connectivity index (χ0n) is 9.21. The fourth-order valence-corrected chi connectivity index (χ4v) is 2.61. The normalized spacial score (nSPS) is 11.5. The molecule has 0 bridgehead atoms. The molecule has 0 amide bonds. The van der Waals surface area contributed by atoms with Crippen LogP contribution in [0.15, 0.2) is 27.9 Å². The van der Waals surface area contributed by atoms with Crippen LogP contribution in [-0.2, 0) is 16.6 Å². The number of hydrogen-bond acceptors (Lipinski definition) is 6. The molecule has 0 atom stereocenters. The summed E-state index contributed by atoms with van der Waals surface area (Å²) in [7, 11) is -3.94. The highest BCUT2D eigenvalue weighted by Crippen LogP contribution is 2.33. The molecule has 19 heavy (non-hydrogen) atoms. The molecule has 0 saturated heterocycles. The quantitative estimate of drug-likeness (QED) is 0.915. The lowest BCUT2D eigenvalue weighted by Crippen LogP contribution is -2.13. The summed E-state index contributed by atoms with van der Waals surface area (Å²) in [5.74, 6) is 0.492. The Kier molecular flexibility index (Phi) is 3.95. The maximum absolute atomic E-state index is 11.2. The van der Waals surface area contributed by atoms with Gasteiger partial charge in [-0.1, -0.05) is 28.4 Å². The molecule has 1 aromatic carbocycles. The average molecular weight is 324 g/mol. The lowest BCUT2D eigenvalue weighted by Gasteiger charge is -2.09. The second-order valence-electron chi connectivity index (χ2n) is 3.39. The number of halogens is 2. The van der Waals surface area contributed by atoms with Gasteiger partial charge in [0, 0.05) is 6.07 Å². The lowest BCUT2D eigenvalue weighted by molar-refractivity contribution is 0.286. The second kappa shape index (κ2) is 5.33. The molecule has 0 unspecified atom stereocenters. The SMILES string of the molecule is NS(=O)(=O)c1cc(Cl)c(OCc2ncon2)cc1Cl. The summed E-state index contributed by atoms with van der Waals surface area (Å²) in [5.41, 5.74) is 0. The van der Waals surface area contributed by atoms with E-state index < -0.39 is 10.0 Å². The smallest absolute Gasteiger partial charge is 0.239 e. The third-order valence-electron chi connectivity index (χ3n) is 2.06. The molecule has 2 N–H and O–H groups in total. The van der Waals surface area contributed by atoms with E-state index in [1.807, 2.05) is 0 Å². The number of ether oxygens (including phenoxy) is 1. The van der Waals surface area contributed by atoms with E-state index in [0.717, 1.165) is 12.5 Å². The summed E-state index contributed by atoms with van der Waals surface area (Å²) in [6.07, 6.45) is 1.15. The van der Waals surface area contributed by atoms with Crippen molar-refractivity contribution in [2.24, 2.45) is 5.14 Å². The Hall–Kier alpha value is -1.35. The van der Waals surface area contributed by atoms with Gasteiger partial charge in [-0.2, -0.15) is 4.98 Å². The minimum absolute atomic E-state index is 0.00126. The Morgan fingerprint density at radius 1 is 1.32 bits per heavy atom. The molecule has 102 valence electrons. The van der Waals surface area contributed by atoms with Crippen LogP contribution in [0.2, 0.25) is 10.0 Å². The Balaban J connectivity index is 2.26. The van der Waals surface area contributed by atoms with E-state index in [-0.39, 0.29) is 27.3 Å². The van der Waals surface area contributed by atoms with E-state index in [2.05, 4.69) is 14.7 Å². The van der Waals surface area contributed by atoms with E-state index in [1.54, 1.807) is 0 Å². The molecule has 0 radical (unpaired) electrons. The first-order chi connectivity index (χ1) is 8.88. The van der Waals surface area contributed by atoms with Crippen LogP contribution in [0.3, 0.4) is 0 Å². The topological polar surface area (TPSA) is 108 Å². The third kappa shape index (κ3) is 3.35. The van der Waals surface area contributed by atoms with Crippen molar-refractivity contribution in [3.05, 3.63) is 34.4 Å². The monoisotopic (exact) mass is 323 g/mol. The van der Waals surface area contributed by atoms with Crippen molar-refractivity contribution in [1.29, 1.82) is 0 Å². The molecule has 0 saturated carbocycles. The predicted octanol–water partition coefficient (Wildman–Crippen LogP) is 1.60. The molecule has 1 heterocycles. The van der Waals surface area contributed by atoms with E-state index in [1.165, 1.54) is 6.07 Å². The molecule has 2 aromatic rings. The van der Waals surface area contributed by atoms with E-state index >= 15 is 0 Å². The summed E-state index contributed by atoms with van der Waals surface area (Å²) >= 11 is 11.7. The maximum Gasteiger partial charge on any atom is 0.239 e. The first-order valence-electron chi connectivity index (χ1n) is 4.78. The number of rotatable bonds is 4. The van der Waals surface area contributed by atoms with Gasteiger partial charge in [-0.25, -0.2) is 13.6 Å². The second-order valence-corrected chi connectivity index (χ2v) is 5.74. The van der Waals surface area contributed by atoms with E-state index in [0.29, 0.717) is 5.82 Å². The molecule has 1 aromatic heterocycles. The standard InChI is InChI=1S/C9H7Cl2N3O4S/c10-5-2-8(19(12,15)16)6(11)1-7(5)17-3-9-13-4-18-14-9/h1-2,4H,3H2,(H2,12,15,16). The first kappa shape index (κ1) is 14.1. The Morgan fingerprint density at radius 2 is 2.05 bits per heavy atom. The largest absolute Gasteiger partial charge is 0.484 e. The summed E-state index contributed by atoms with van der Waals surface area (Å²) in [6, 6.07) is 2.37. The first-order valence-corrected chi connectivity index (χ1v) is 7.08. The van der Waals surface area contributed by atoms with Gasteiger partial charge < -0.3 is 9.26 Å². The van der Waals surface area contributed by atoms with Gasteiger partial charge in [-0.15, -0.1) is 0 Å². The zero-order valence-corrected chi connectivity index (χ0v) is 11.5. The molecular weight excluding hydrogens is 317 g/mol. The predicted molar refractivity (Wildman–Crippen MR) is 66.5 cm³/mol. The molecule has 2 rings (SSSR count). The minimum Gasteiger partial charge on any atom is -0.484 e. The maximum atomic E-state index is 11.2. The molecule has 0 aliphatic carbocycles. The van der Waals surface area contributed by atoms with Gasteiger partial charge in [0.05, 0.1) is 10.0 Å². The van der Waals surface area contributed by atoms with Crippen LogP contribution in [0.5, 0.6) is 5.75 Å². The van der Waals surface area contributed by atoms with Crippen molar-refractivity contribution in [3.63, 3.8) is 0 Å². The Labute approximate surface area is 118 Å². The number of sulfonamides is 1. The minimum atomic E-state index is -3.94. The van der Waals surface area contributed by atoms with Crippen LogP contribution < -0.4 is 9.88 Å². The number of nitrogens with zero attached hydrogens (tertiary/aromatic N) is 2.